The van der Waals surface area contributed by atoms with E-state index in [1.54, 1.807) is 20.8 Å². The van der Waals surface area contributed by atoms with Crippen molar-refractivity contribution in [3.63, 3.8) is 0 Å². The van der Waals surface area contributed by atoms with Gasteiger partial charge in [-0.2, -0.15) is 0 Å². The molecule has 0 rings (SSSR count). The molecule has 0 saturated carbocycles. The third-order valence-electron chi connectivity index (χ3n) is 1.98. The highest BCUT2D eigenvalue weighted by Crippen LogP contribution is 2.23. The van der Waals surface area contributed by atoms with Crippen LogP contribution in [0.4, 0.5) is 4.79 Å². The molecule has 1 atom stereocenters. The number of carbonyl (C=O) groups excluding carboxylic acids is 2. The maximum atomic E-state index is 11.4. The number of Topliss-reactive ketones (excluding diaryl/α,β-unsaturated/α-hetero) is 1. The van der Waals surface area contributed by atoms with Gasteiger partial charge in [0.1, 0.15) is 6.04 Å². The van der Waals surface area contributed by atoms with Gasteiger partial charge in [-0.25, -0.2) is 4.79 Å². The van der Waals surface area contributed by atoms with Crippen LogP contribution in [-0.2, 0) is 9.53 Å². The zero-order valence-corrected chi connectivity index (χ0v) is 10.6. The molecule has 0 spiro atoms. The van der Waals surface area contributed by atoms with Gasteiger partial charge in [-0.1, -0.05) is 0 Å². The molecule has 1 unspecified atom stereocenters. The fourth-order valence-corrected chi connectivity index (χ4v) is 1.85. The smallest absolute Gasteiger partial charge is 0.410 e. The topological polar surface area (TPSA) is 46.6 Å². The number of likely N-dealkylation sites (N-methyl/N-ethyl adjacent to an activating group) is 1. The molecule has 0 aliphatic rings. The number of hydrogen-bond acceptors (Lipinski definition) is 3. The van der Waals surface area contributed by atoms with Gasteiger partial charge < -0.3 is 4.74 Å². The lowest BCUT2D eigenvalue weighted by Gasteiger charge is -2.33. The maximum Gasteiger partial charge on any atom is 0.410 e. The second-order valence-electron chi connectivity index (χ2n) is 3.89. The van der Waals surface area contributed by atoms with Crippen LogP contribution in [-0.4, -0.2) is 41.3 Å². The van der Waals surface area contributed by atoms with E-state index < -0.39 is 17.0 Å². The molecule has 4 nitrogen and oxygen atoms in total. The fourth-order valence-electron chi connectivity index (χ4n) is 1.55. The molecule has 0 radical (unpaired) electrons. The van der Waals surface area contributed by atoms with E-state index in [1.807, 2.05) is 0 Å². The van der Waals surface area contributed by atoms with Crippen molar-refractivity contribution in [3.05, 3.63) is 0 Å². The van der Waals surface area contributed by atoms with Crippen LogP contribution >= 0.6 is 11.6 Å². The number of nitrogens with zero attached hydrogens (tertiary/aromatic N) is 1. The highest BCUT2D eigenvalue weighted by molar-refractivity contribution is 6.25. The zero-order chi connectivity index (χ0) is 12.2. The molecular weight excluding hydrogens is 218 g/mol. The van der Waals surface area contributed by atoms with E-state index in [-0.39, 0.29) is 12.4 Å². The lowest BCUT2D eigenvalue weighted by Crippen LogP contribution is -2.51. The first-order chi connectivity index (χ1) is 6.71. The predicted octanol–water partition coefficient (Wildman–Crippen LogP) is 2.05. The molecule has 1 amide bonds. The molecule has 0 aromatic heterocycles. The zero-order valence-electron chi connectivity index (χ0n) is 9.83. The minimum absolute atomic E-state index is 0.162. The van der Waals surface area contributed by atoms with Crippen molar-refractivity contribution >= 4 is 23.5 Å². The number of rotatable bonds is 4. The van der Waals surface area contributed by atoms with Crippen LogP contribution in [0, 0.1) is 0 Å². The van der Waals surface area contributed by atoms with E-state index >= 15 is 0 Å². The summed E-state index contributed by atoms with van der Waals surface area (Å²) in [5.41, 5.74) is 0. The average molecular weight is 236 g/mol. The third-order valence-corrected chi connectivity index (χ3v) is 2.19. The van der Waals surface area contributed by atoms with Crippen LogP contribution in [0.5, 0.6) is 0 Å². The van der Waals surface area contributed by atoms with Gasteiger partial charge in [-0.3, -0.25) is 9.69 Å². The summed E-state index contributed by atoms with van der Waals surface area (Å²) in [6.07, 6.45) is -0.536. The molecule has 0 aromatic rings. The Bertz CT molecular complexity index is 248. The Morgan fingerprint density at radius 1 is 1.47 bits per heavy atom. The highest BCUT2D eigenvalue weighted by Gasteiger charge is 2.37. The second kappa shape index (κ2) is 5.35. The van der Waals surface area contributed by atoms with Crippen molar-refractivity contribution in [1.29, 1.82) is 0 Å². The lowest BCUT2D eigenvalue weighted by molar-refractivity contribution is -0.122. The first-order valence-electron chi connectivity index (χ1n) is 4.80. The molecule has 0 heterocycles. The summed E-state index contributed by atoms with van der Waals surface area (Å²) in [5, 5.41) is 0. The molecule has 88 valence electrons. The van der Waals surface area contributed by atoms with Gasteiger partial charge in [0, 0.05) is 7.05 Å². The summed E-state index contributed by atoms with van der Waals surface area (Å²) < 4.78 is 4.81. The number of carbonyl (C=O) groups is 2. The molecular formula is C10H18ClNO3. The second-order valence-corrected chi connectivity index (χ2v) is 4.86. The highest BCUT2D eigenvalue weighted by atomic mass is 35.5. The number of ketones is 1. The minimum atomic E-state index is -0.812. The first kappa shape index (κ1) is 14.2. The predicted molar refractivity (Wildman–Crippen MR) is 59.2 cm³/mol. The van der Waals surface area contributed by atoms with Crippen molar-refractivity contribution in [2.24, 2.45) is 0 Å². The number of alkyl halides is 1. The van der Waals surface area contributed by atoms with Crippen molar-refractivity contribution in [3.8, 4) is 0 Å². The van der Waals surface area contributed by atoms with Crippen molar-refractivity contribution in [1.82, 2.24) is 4.90 Å². The molecule has 0 fully saturated rings. The third kappa shape index (κ3) is 4.08. The number of halogens is 1. The molecule has 0 aromatic carbocycles. The van der Waals surface area contributed by atoms with Crippen LogP contribution in [0.3, 0.4) is 0 Å². The quantitative estimate of drug-likeness (QED) is 0.701. The van der Waals surface area contributed by atoms with E-state index in [1.165, 1.54) is 18.9 Å². The van der Waals surface area contributed by atoms with E-state index in [9.17, 15) is 9.59 Å². The Kier molecular flexibility index (Phi) is 5.08. The van der Waals surface area contributed by atoms with E-state index in [0.717, 1.165) is 0 Å². The summed E-state index contributed by atoms with van der Waals surface area (Å²) in [7, 11) is 1.51. The molecule has 0 bridgehead atoms. The van der Waals surface area contributed by atoms with Gasteiger partial charge in [-0.15, -0.1) is 11.6 Å². The number of ether oxygens (including phenoxy) is 1. The van der Waals surface area contributed by atoms with Gasteiger partial charge >= 0.3 is 6.09 Å². The Hall–Kier alpha value is -0.770. The normalized spacial score (nSPS) is 13.2. The van der Waals surface area contributed by atoms with Crippen LogP contribution < -0.4 is 0 Å². The maximum absolute atomic E-state index is 11.4. The van der Waals surface area contributed by atoms with Gasteiger partial charge in [0.25, 0.3) is 0 Å². The first-order valence-corrected chi connectivity index (χ1v) is 5.18. The Morgan fingerprint density at radius 3 is 2.20 bits per heavy atom. The minimum Gasteiger partial charge on any atom is -0.450 e. The van der Waals surface area contributed by atoms with Gasteiger partial charge in [0.15, 0.2) is 5.78 Å². The van der Waals surface area contributed by atoms with Gasteiger partial charge in [0.05, 0.1) is 11.5 Å². The van der Waals surface area contributed by atoms with Gasteiger partial charge in [-0.05, 0) is 27.7 Å². The molecule has 0 N–H and O–H groups in total. The molecule has 15 heavy (non-hydrogen) atoms. The molecule has 0 saturated heterocycles. The summed E-state index contributed by atoms with van der Waals surface area (Å²) in [6, 6.07) is -0.682. The Balaban J connectivity index is 4.79. The SMILES string of the molecule is CCOC(=O)N(C)C(C(C)=O)C(C)(C)Cl. The van der Waals surface area contributed by atoms with Crippen molar-refractivity contribution in [2.75, 3.05) is 13.7 Å². The lowest BCUT2D eigenvalue weighted by atomic mass is 9.99. The number of amides is 1. The molecule has 0 aliphatic carbocycles. The van der Waals surface area contributed by atoms with Crippen LogP contribution in [0.15, 0.2) is 0 Å². The van der Waals surface area contributed by atoms with E-state index in [0.29, 0.717) is 0 Å². The standard InChI is InChI=1S/C10H18ClNO3/c1-6-15-9(14)12(5)8(7(2)13)10(3,4)11/h8H,6H2,1-5H3. The monoisotopic (exact) mass is 235 g/mol. The van der Waals surface area contributed by atoms with Crippen molar-refractivity contribution in [2.45, 2.75) is 38.6 Å². The number of hydrogen-bond donors (Lipinski definition) is 0. The molecule has 5 heteroatoms. The van der Waals surface area contributed by atoms with Crippen molar-refractivity contribution < 1.29 is 14.3 Å². The van der Waals surface area contributed by atoms with Crippen LogP contribution in [0.25, 0.3) is 0 Å². The summed E-state index contributed by atoms with van der Waals surface area (Å²) in [6.45, 7) is 6.77. The fraction of sp³-hybridized carbons (Fsp3) is 0.800. The molecule has 0 aliphatic heterocycles. The van der Waals surface area contributed by atoms with Crippen LogP contribution in [0.1, 0.15) is 27.7 Å². The van der Waals surface area contributed by atoms with Crippen LogP contribution in [0.2, 0.25) is 0 Å². The Morgan fingerprint density at radius 2 is 1.93 bits per heavy atom. The Labute approximate surface area is 95.5 Å². The largest absolute Gasteiger partial charge is 0.450 e. The van der Waals surface area contributed by atoms with E-state index in [4.69, 9.17) is 16.3 Å². The van der Waals surface area contributed by atoms with E-state index in [2.05, 4.69) is 0 Å². The summed E-state index contributed by atoms with van der Waals surface area (Å²) in [5.74, 6) is -0.162. The summed E-state index contributed by atoms with van der Waals surface area (Å²) >= 11 is 6.06. The van der Waals surface area contributed by atoms with Gasteiger partial charge in [0.2, 0.25) is 0 Å². The average Bonchev–Trinajstić information content (AvgIpc) is 2.00. The summed E-state index contributed by atoms with van der Waals surface area (Å²) in [4.78, 5) is 23.3.